The molecule has 2 amide bonds. The second kappa shape index (κ2) is 12.0. The van der Waals surface area contributed by atoms with Gasteiger partial charge >= 0.3 is 5.97 Å². The molecule has 1 N–H and O–H groups in total. The molecule has 10 heteroatoms. The fourth-order valence-electron chi connectivity index (χ4n) is 6.95. The van der Waals surface area contributed by atoms with Gasteiger partial charge in [0.1, 0.15) is 6.04 Å². The van der Waals surface area contributed by atoms with Crippen molar-refractivity contribution in [2.45, 2.75) is 41.8 Å². The second-order valence-corrected chi connectivity index (χ2v) is 12.3. The maximum absolute atomic E-state index is 14.6. The van der Waals surface area contributed by atoms with E-state index in [1.165, 1.54) is 0 Å². The van der Waals surface area contributed by atoms with Crippen molar-refractivity contribution in [3.63, 3.8) is 0 Å². The molecule has 9 nitrogen and oxygen atoms in total. The van der Waals surface area contributed by atoms with Crippen LogP contribution in [0.1, 0.15) is 31.4 Å². The van der Waals surface area contributed by atoms with Gasteiger partial charge in [-0.25, -0.2) is 0 Å². The van der Waals surface area contributed by atoms with Crippen LogP contribution in [0.2, 0.25) is 0 Å². The van der Waals surface area contributed by atoms with Crippen LogP contribution >= 0.6 is 11.8 Å². The Kier molecular flexibility index (Phi) is 8.66. The molecule has 4 fully saturated rings. The van der Waals surface area contributed by atoms with Crippen LogP contribution in [0.5, 0.6) is 0 Å². The Bertz CT molecular complexity index is 1070. The lowest BCUT2D eigenvalue weighted by molar-refractivity contribution is -0.154. The number of aliphatic hydroxyl groups is 1. The predicted octanol–water partition coefficient (Wildman–Crippen LogP) is 1.72. The van der Waals surface area contributed by atoms with Gasteiger partial charge in [-0.2, -0.15) is 0 Å². The minimum atomic E-state index is -0.800. The summed E-state index contributed by atoms with van der Waals surface area (Å²) in [4.78, 5) is 47.7. The van der Waals surface area contributed by atoms with Crippen molar-refractivity contribution in [2.24, 2.45) is 11.8 Å². The van der Waals surface area contributed by atoms with Gasteiger partial charge in [-0.3, -0.25) is 19.3 Å². The highest BCUT2D eigenvalue weighted by Crippen LogP contribution is 2.67. The van der Waals surface area contributed by atoms with Gasteiger partial charge in [0.25, 0.3) is 0 Å². The summed E-state index contributed by atoms with van der Waals surface area (Å²) in [7, 11) is 0. The summed E-state index contributed by atoms with van der Waals surface area (Å²) < 4.78 is 10.2. The third-order valence-corrected chi connectivity index (χ3v) is 10.6. The molecule has 6 atom stereocenters. The molecule has 1 aromatic rings. The number of hydrogen-bond donors (Lipinski definition) is 1. The van der Waals surface area contributed by atoms with Crippen LogP contribution in [0.25, 0.3) is 0 Å². The number of carbonyl (C=O) groups excluding carboxylic acids is 3. The first-order valence-electron chi connectivity index (χ1n) is 14.0. The van der Waals surface area contributed by atoms with E-state index in [0.717, 1.165) is 25.1 Å². The van der Waals surface area contributed by atoms with E-state index in [9.17, 15) is 19.5 Å². The summed E-state index contributed by atoms with van der Waals surface area (Å²) >= 11 is 1.62. The number of benzene rings is 1. The van der Waals surface area contributed by atoms with E-state index in [-0.39, 0.29) is 36.2 Å². The van der Waals surface area contributed by atoms with Crippen molar-refractivity contribution < 1.29 is 29.0 Å². The minimum absolute atomic E-state index is 0.0547. The number of aliphatic hydroxyl groups excluding tert-OH is 1. The molecule has 4 aliphatic rings. The second-order valence-electron chi connectivity index (χ2n) is 10.7. The van der Waals surface area contributed by atoms with Crippen LogP contribution in [-0.2, 0) is 23.9 Å². The number of esters is 1. The average Bonchev–Trinajstić information content (AvgIpc) is 3.60. The topological polar surface area (TPSA) is 99.6 Å². The van der Waals surface area contributed by atoms with Crippen molar-refractivity contribution in [3.05, 3.63) is 48.6 Å². The number of carbonyl (C=O) groups is 3. The molecule has 2 bridgehead atoms. The summed E-state index contributed by atoms with van der Waals surface area (Å²) in [5.41, 5.74) is 0.762. The number of ether oxygens (including phenoxy) is 2. The van der Waals surface area contributed by atoms with Crippen LogP contribution in [-0.4, -0.2) is 113 Å². The molecule has 0 aliphatic carbocycles. The minimum Gasteiger partial charge on any atom is -0.466 e. The van der Waals surface area contributed by atoms with E-state index < -0.39 is 28.7 Å². The molecule has 0 radical (unpaired) electrons. The highest BCUT2D eigenvalue weighted by molar-refractivity contribution is 8.02. The molecule has 4 heterocycles. The van der Waals surface area contributed by atoms with E-state index in [4.69, 9.17) is 9.47 Å². The zero-order valence-corrected chi connectivity index (χ0v) is 23.4. The fourth-order valence-corrected chi connectivity index (χ4v) is 9.14. The summed E-state index contributed by atoms with van der Waals surface area (Å²) in [6.45, 7) is 10.1. The number of fused-ring (bicyclic) bond motifs is 1. The number of morpholine rings is 1. The molecule has 5 rings (SSSR count). The molecular weight excluding hydrogens is 518 g/mol. The third kappa shape index (κ3) is 5.01. The number of rotatable bonds is 11. The molecule has 1 spiro atoms. The third-order valence-electron chi connectivity index (χ3n) is 8.67. The lowest BCUT2D eigenvalue weighted by Gasteiger charge is -2.40. The monoisotopic (exact) mass is 557 g/mol. The zero-order valence-electron chi connectivity index (χ0n) is 22.6. The quantitative estimate of drug-likeness (QED) is 0.325. The van der Waals surface area contributed by atoms with Crippen molar-refractivity contribution in [1.82, 2.24) is 14.7 Å². The highest BCUT2D eigenvalue weighted by Gasteiger charge is 2.74. The molecule has 39 heavy (non-hydrogen) atoms. The van der Waals surface area contributed by atoms with Crippen LogP contribution in [0.3, 0.4) is 0 Å². The van der Waals surface area contributed by atoms with Gasteiger partial charge in [-0.15, -0.1) is 18.3 Å². The van der Waals surface area contributed by atoms with Gasteiger partial charge in [-0.05, 0) is 25.3 Å². The van der Waals surface area contributed by atoms with Crippen molar-refractivity contribution >= 4 is 29.5 Å². The maximum Gasteiger partial charge on any atom is 0.310 e. The van der Waals surface area contributed by atoms with Crippen LogP contribution < -0.4 is 0 Å². The lowest BCUT2D eigenvalue weighted by Crippen LogP contribution is -2.56. The average molecular weight is 558 g/mol. The predicted molar refractivity (Wildman–Crippen MR) is 148 cm³/mol. The first kappa shape index (κ1) is 28.1. The smallest absolute Gasteiger partial charge is 0.310 e. The number of amides is 2. The SMILES string of the molecule is C=CCN(CCN1CCOCC1)C(=O)C1N([C@H](CO)c2ccccc2)C(=O)[C@@H]2[C@H](C(=O)OCC)[C@@H]3CCC12S3. The Morgan fingerprint density at radius 3 is 2.72 bits per heavy atom. The molecule has 0 saturated carbocycles. The molecular formula is C29H39N3O6S. The number of thioether (sulfide) groups is 1. The normalized spacial score (nSPS) is 30.7. The number of hydrogen-bond acceptors (Lipinski definition) is 8. The Hall–Kier alpha value is -2.40. The fraction of sp³-hybridized carbons (Fsp3) is 0.621. The Morgan fingerprint density at radius 1 is 1.31 bits per heavy atom. The molecule has 2 unspecified atom stereocenters. The number of likely N-dealkylation sites (tertiary alicyclic amines) is 1. The van der Waals surface area contributed by atoms with Gasteiger partial charge in [0.05, 0.1) is 49.1 Å². The summed E-state index contributed by atoms with van der Waals surface area (Å²) in [5.74, 6) is -2.00. The van der Waals surface area contributed by atoms with Gasteiger partial charge in [0.2, 0.25) is 11.8 Å². The molecule has 0 aromatic heterocycles. The highest BCUT2D eigenvalue weighted by atomic mass is 32.2. The summed E-state index contributed by atoms with van der Waals surface area (Å²) in [5, 5.41) is 10.6. The van der Waals surface area contributed by atoms with Crippen molar-refractivity contribution in [3.8, 4) is 0 Å². The van der Waals surface area contributed by atoms with Crippen molar-refractivity contribution in [1.29, 1.82) is 0 Å². The van der Waals surface area contributed by atoms with Crippen LogP contribution in [0.4, 0.5) is 0 Å². The Morgan fingerprint density at radius 2 is 2.05 bits per heavy atom. The molecule has 4 saturated heterocycles. The zero-order chi connectivity index (χ0) is 27.6. The van der Waals surface area contributed by atoms with E-state index in [2.05, 4.69) is 11.5 Å². The van der Waals surface area contributed by atoms with Crippen LogP contribution in [0.15, 0.2) is 43.0 Å². The van der Waals surface area contributed by atoms with E-state index in [1.54, 1.807) is 34.6 Å². The van der Waals surface area contributed by atoms with Gasteiger partial charge in [0, 0.05) is 38.0 Å². The summed E-state index contributed by atoms with van der Waals surface area (Å²) in [6.07, 6.45) is 3.13. The Labute approximate surface area is 234 Å². The van der Waals surface area contributed by atoms with Gasteiger partial charge in [-0.1, -0.05) is 36.4 Å². The molecule has 1 aromatic carbocycles. The van der Waals surface area contributed by atoms with Gasteiger partial charge in [0.15, 0.2) is 0 Å². The standard InChI is InChI=1S/C29H39N3O6S/c1-3-12-31(14-13-30-15-17-37-18-16-30)27(35)25-29-11-10-22(39-29)23(28(36)38-4-2)24(29)26(34)32(25)21(19-33)20-8-6-5-7-9-20/h3,5-9,21-25,33H,1,4,10-19H2,2H3/t21-,22+,23-,24+,25?,29?/m1/s1. The van der Waals surface area contributed by atoms with Gasteiger partial charge < -0.3 is 24.4 Å². The number of nitrogens with zero attached hydrogens (tertiary/aromatic N) is 3. The molecule has 212 valence electrons. The summed E-state index contributed by atoms with van der Waals surface area (Å²) in [6, 6.07) is 7.85. The molecule has 4 aliphatic heterocycles. The van der Waals surface area contributed by atoms with E-state index in [0.29, 0.717) is 39.3 Å². The van der Waals surface area contributed by atoms with E-state index >= 15 is 0 Å². The van der Waals surface area contributed by atoms with Crippen LogP contribution in [0, 0.1) is 11.8 Å². The Balaban J connectivity index is 1.52. The van der Waals surface area contributed by atoms with E-state index in [1.807, 2.05) is 30.3 Å². The largest absolute Gasteiger partial charge is 0.466 e. The first-order valence-corrected chi connectivity index (χ1v) is 14.9. The lowest BCUT2D eigenvalue weighted by atomic mass is 9.71. The first-order chi connectivity index (χ1) is 19.0. The maximum atomic E-state index is 14.6. The van der Waals surface area contributed by atoms with Crippen molar-refractivity contribution in [2.75, 3.05) is 59.2 Å².